The number of fused-ring (bicyclic) bond motifs is 1. The lowest BCUT2D eigenvalue weighted by molar-refractivity contribution is -0.137. The molecule has 3 amide bonds. The summed E-state index contributed by atoms with van der Waals surface area (Å²) in [5.41, 5.74) is 0.918. The number of hydrogen-bond acceptors (Lipinski definition) is 5. The van der Waals surface area contributed by atoms with E-state index >= 15 is 0 Å². The van der Waals surface area contributed by atoms with Crippen LogP contribution in [0.5, 0.6) is 5.75 Å². The molecule has 0 fully saturated rings. The van der Waals surface area contributed by atoms with Crippen LogP contribution in [0.25, 0.3) is 0 Å². The van der Waals surface area contributed by atoms with Crippen molar-refractivity contribution in [2.75, 3.05) is 37.4 Å². The lowest BCUT2D eigenvalue weighted by Gasteiger charge is -2.38. The number of aliphatic hydroxyl groups is 1. The minimum Gasteiger partial charge on any atom is -0.486 e. The molecule has 1 aliphatic heterocycles. The summed E-state index contributed by atoms with van der Waals surface area (Å²) in [6.07, 6.45) is -4.88. The molecule has 4 rings (SSSR count). The van der Waals surface area contributed by atoms with E-state index in [1.54, 1.807) is 30.0 Å². The zero-order valence-corrected chi connectivity index (χ0v) is 23.7. The number of benzene rings is 3. The second-order valence-corrected chi connectivity index (χ2v) is 10.6. The van der Waals surface area contributed by atoms with E-state index in [0.717, 1.165) is 29.8 Å². The van der Waals surface area contributed by atoms with Crippen LogP contribution >= 0.6 is 0 Å². The number of amides is 3. The van der Waals surface area contributed by atoms with E-state index in [-0.39, 0.29) is 47.2 Å². The average Bonchev–Trinajstić information content (AvgIpc) is 2.95. The van der Waals surface area contributed by atoms with Crippen molar-refractivity contribution < 1.29 is 32.6 Å². The first-order valence-electron chi connectivity index (χ1n) is 13.7. The second-order valence-electron chi connectivity index (χ2n) is 10.6. The fourth-order valence-corrected chi connectivity index (χ4v) is 4.85. The van der Waals surface area contributed by atoms with Crippen LogP contribution in [0.3, 0.4) is 0 Å². The fraction of sp³-hybridized carbons (Fsp3) is 0.355. The summed E-state index contributed by atoms with van der Waals surface area (Å²) >= 11 is 0. The average molecular weight is 585 g/mol. The molecule has 0 saturated carbocycles. The van der Waals surface area contributed by atoms with E-state index in [2.05, 4.69) is 15.5 Å². The SMILES string of the molecule is C[C@H](CO)N1C[C@H](C)[C@@H](CN(C)Cc2ccccc2)Oc2c(NC(=O)Nc3ccc(C(F)(F)F)cc3)cccc2C1=O. The Morgan fingerprint density at radius 2 is 1.76 bits per heavy atom. The number of para-hydroxylation sites is 1. The van der Waals surface area contributed by atoms with Crippen molar-refractivity contribution in [3.05, 3.63) is 89.5 Å². The van der Waals surface area contributed by atoms with Crippen LogP contribution in [0.1, 0.15) is 35.3 Å². The maximum Gasteiger partial charge on any atom is 0.416 e. The maximum atomic E-state index is 13.7. The molecule has 0 bridgehead atoms. The first-order chi connectivity index (χ1) is 20.0. The number of ether oxygens (including phenoxy) is 1. The minimum absolute atomic E-state index is 0.136. The molecule has 3 N–H and O–H groups in total. The van der Waals surface area contributed by atoms with Crippen molar-refractivity contribution in [3.8, 4) is 5.75 Å². The van der Waals surface area contributed by atoms with Gasteiger partial charge in [0.2, 0.25) is 0 Å². The second kappa shape index (κ2) is 13.3. The highest BCUT2D eigenvalue weighted by molar-refractivity contribution is 6.04. The van der Waals surface area contributed by atoms with Crippen LogP contribution in [0, 0.1) is 5.92 Å². The molecule has 1 aliphatic rings. The van der Waals surface area contributed by atoms with Gasteiger partial charge in [-0.25, -0.2) is 4.79 Å². The van der Waals surface area contributed by atoms with Crippen LogP contribution in [0.4, 0.5) is 29.3 Å². The molecule has 0 unspecified atom stereocenters. The lowest BCUT2D eigenvalue weighted by Crippen LogP contribution is -2.49. The molecule has 8 nitrogen and oxygen atoms in total. The molecular formula is C31H35F3N4O4. The Balaban J connectivity index is 1.60. The normalized spacial score (nSPS) is 18.0. The Bertz CT molecular complexity index is 1370. The molecule has 0 aromatic heterocycles. The molecular weight excluding hydrogens is 549 g/mol. The number of carbonyl (C=O) groups is 2. The largest absolute Gasteiger partial charge is 0.486 e. The van der Waals surface area contributed by atoms with Crippen LogP contribution in [0.2, 0.25) is 0 Å². The molecule has 11 heteroatoms. The first-order valence-corrected chi connectivity index (χ1v) is 13.7. The number of nitrogens with one attached hydrogen (secondary N) is 2. The van der Waals surface area contributed by atoms with Crippen LogP contribution in [0.15, 0.2) is 72.8 Å². The van der Waals surface area contributed by atoms with Gasteiger partial charge in [0.15, 0.2) is 5.75 Å². The van der Waals surface area contributed by atoms with E-state index in [1.165, 1.54) is 0 Å². The van der Waals surface area contributed by atoms with Crippen LogP contribution < -0.4 is 15.4 Å². The Kier molecular flexibility index (Phi) is 9.74. The zero-order valence-electron chi connectivity index (χ0n) is 23.7. The van der Waals surface area contributed by atoms with Crippen molar-refractivity contribution >= 4 is 23.3 Å². The number of halogens is 3. The van der Waals surface area contributed by atoms with Gasteiger partial charge in [-0.15, -0.1) is 0 Å². The molecule has 0 aliphatic carbocycles. The Labute approximate surface area is 243 Å². The molecule has 0 radical (unpaired) electrons. The smallest absolute Gasteiger partial charge is 0.416 e. The molecule has 3 aromatic carbocycles. The number of anilines is 2. The summed E-state index contributed by atoms with van der Waals surface area (Å²) in [6.45, 7) is 5.06. The quantitative estimate of drug-likeness (QED) is 0.316. The van der Waals surface area contributed by atoms with E-state index in [1.807, 2.05) is 44.3 Å². The third-order valence-corrected chi connectivity index (χ3v) is 7.20. The first kappa shape index (κ1) is 30.9. The van der Waals surface area contributed by atoms with E-state index in [0.29, 0.717) is 19.6 Å². The highest BCUT2D eigenvalue weighted by Gasteiger charge is 2.35. The predicted octanol–water partition coefficient (Wildman–Crippen LogP) is 5.70. The number of alkyl halides is 3. The van der Waals surface area contributed by atoms with E-state index in [4.69, 9.17) is 4.74 Å². The number of likely N-dealkylation sites (N-methyl/N-ethyl adjacent to an activating group) is 1. The van der Waals surface area contributed by atoms with Gasteiger partial charge in [0.1, 0.15) is 6.10 Å². The zero-order chi connectivity index (χ0) is 30.4. The third kappa shape index (κ3) is 7.59. The number of aliphatic hydroxyl groups excluding tert-OH is 1. The molecule has 1 heterocycles. The number of carbonyl (C=O) groups excluding carboxylic acids is 2. The van der Waals surface area contributed by atoms with Gasteiger partial charge >= 0.3 is 12.2 Å². The molecule has 42 heavy (non-hydrogen) atoms. The Hall–Kier alpha value is -4.09. The summed E-state index contributed by atoms with van der Waals surface area (Å²) in [5.74, 6) is -0.297. The summed E-state index contributed by atoms with van der Waals surface area (Å²) in [4.78, 5) is 30.3. The van der Waals surface area contributed by atoms with Crippen molar-refractivity contribution in [2.24, 2.45) is 5.92 Å². The fourth-order valence-electron chi connectivity index (χ4n) is 4.85. The van der Waals surface area contributed by atoms with Gasteiger partial charge in [0, 0.05) is 31.2 Å². The summed E-state index contributed by atoms with van der Waals surface area (Å²) in [7, 11) is 1.98. The van der Waals surface area contributed by atoms with E-state index < -0.39 is 23.8 Å². The topological polar surface area (TPSA) is 94.1 Å². The summed E-state index contributed by atoms with van der Waals surface area (Å²) in [5, 5.41) is 15.1. The van der Waals surface area contributed by atoms with Gasteiger partial charge in [-0.05, 0) is 55.9 Å². The van der Waals surface area contributed by atoms with Crippen molar-refractivity contribution in [2.45, 2.75) is 38.7 Å². The number of nitrogens with zero attached hydrogens (tertiary/aromatic N) is 2. The van der Waals surface area contributed by atoms with Crippen molar-refractivity contribution in [3.63, 3.8) is 0 Å². The van der Waals surface area contributed by atoms with Gasteiger partial charge in [0.25, 0.3) is 5.91 Å². The number of rotatable bonds is 8. The van der Waals surface area contributed by atoms with Crippen LogP contribution in [-0.4, -0.2) is 65.7 Å². The Morgan fingerprint density at radius 3 is 2.40 bits per heavy atom. The van der Waals surface area contributed by atoms with Gasteiger partial charge in [-0.1, -0.05) is 43.3 Å². The summed E-state index contributed by atoms with van der Waals surface area (Å²) < 4.78 is 45.2. The predicted molar refractivity (Wildman–Crippen MR) is 154 cm³/mol. The molecule has 224 valence electrons. The van der Waals surface area contributed by atoms with Gasteiger partial charge in [-0.3, -0.25) is 9.69 Å². The standard InChI is InChI=1S/C31H35F3N4O4/c1-20-16-38(21(2)19-39)29(40)25-10-7-11-26(36-30(41)35-24-14-12-23(13-15-24)31(32,33)34)28(25)42-27(20)18-37(3)17-22-8-5-4-6-9-22/h4-15,20-21,27,39H,16-19H2,1-3H3,(H2,35,36,41)/t20-,21+,27+/m0/s1. The van der Waals surface area contributed by atoms with Gasteiger partial charge in [0.05, 0.1) is 29.5 Å². The van der Waals surface area contributed by atoms with Crippen molar-refractivity contribution in [1.29, 1.82) is 0 Å². The highest BCUT2D eigenvalue weighted by atomic mass is 19.4. The molecule has 3 aromatic rings. The summed E-state index contributed by atoms with van der Waals surface area (Å²) in [6, 6.07) is 17.7. The number of urea groups is 1. The number of hydrogen-bond donors (Lipinski definition) is 3. The molecule has 3 atom stereocenters. The minimum atomic E-state index is -4.49. The highest BCUT2D eigenvalue weighted by Crippen LogP contribution is 2.35. The maximum absolute atomic E-state index is 13.7. The lowest BCUT2D eigenvalue weighted by atomic mass is 9.99. The Morgan fingerprint density at radius 1 is 1.07 bits per heavy atom. The third-order valence-electron chi connectivity index (χ3n) is 7.20. The van der Waals surface area contributed by atoms with Crippen LogP contribution in [-0.2, 0) is 12.7 Å². The van der Waals surface area contributed by atoms with Gasteiger partial charge < -0.3 is 25.4 Å². The molecule has 0 spiro atoms. The van der Waals surface area contributed by atoms with Gasteiger partial charge in [-0.2, -0.15) is 13.2 Å². The van der Waals surface area contributed by atoms with Crippen molar-refractivity contribution in [1.82, 2.24) is 9.80 Å². The molecule has 0 saturated heterocycles. The monoisotopic (exact) mass is 584 g/mol. The van der Waals surface area contributed by atoms with E-state index in [9.17, 15) is 27.9 Å².